The van der Waals surface area contributed by atoms with Crippen LogP contribution in [0.25, 0.3) is 11.3 Å². The number of carbonyl (C=O) groups is 2. The van der Waals surface area contributed by atoms with Crippen LogP contribution in [0.1, 0.15) is 37.7 Å². The van der Waals surface area contributed by atoms with Crippen LogP contribution in [-0.4, -0.2) is 86.5 Å². The molecule has 2 aliphatic heterocycles. The lowest BCUT2D eigenvalue weighted by atomic mass is 9.93. The summed E-state index contributed by atoms with van der Waals surface area (Å²) < 4.78 is 6.16. The maximum absolute atomic E-state index is 12.6. The van der Waals surface area contributed by atoms with Crippen LogP contribution >= 0.6 is 23.2 Å². The second-order valence-electron chi connectivity index (χ2n) is 11.9. The number of ether oxygens (including phenoxy) is 1. The van der Waals surface area contributed by atoms with Crippen LogP contribution in [-0.2, 0) is 16.1 Å². The van der Waals surface area contributed by atoms with Gasteiger partial charge < -0.3 is 25.4 Å². The zero-order valence-electron chi connectivity index (χ0n) is 24.3. The summed E-state index contributed by atoms with van der Waals surface area (Å²) >= 11 is 12.6. The SMILES string of the molecule is NC1(C(=O)N2CCN(c3ncc(Oc4cc(CN5CCC(CC(=O)O)CC5)cc(-c5cc(Cl)cc(Cl)c5)n4)cn3)CC2)CC1. The van der Waals surface area contributed by atoms with E-state index in [4.69, 9.17) is 43.8 Å². The fraction of sp³-hybridized carbons (Fsp3) is 0.452. The molecule has 44 heavy (non-hydrogen) atoms. The van der Waals surface area contributed by atoms with Crippen LogP contribution in [0, 0.1) is 5.92 Å². The molecule has 232 valence electrons. The molecule has 1 amide bonds. The van der Waals surface area contributed by atoms with E-state index in [2.05, 4.69) is 14.9 Å². The molecule has 2 saturated heterocycles. The number of nitrogens with zero attached hydrogens (tertiary/aromatic N) is 6. The van der Waals surface area contributed by atoms with Gasteiger partial charge in [0.25, 0.3) is 0 Å². The zero-order valence-corrected chi connectivity index (χ0v) is 25.8. The van der Waals surface area contributed by atoms with E-state index < -0.39 is 11.5 Å². The maximum atomic E-state index is 12.6. The van der Waals surface area contributed by atoms with Gasteiger partial charge >= 0.3 is 5.97 Å². The predicted molar refractivity (Wildman–Crippen MR) is 167 cm³/mol. The monoisotopic (exact) mass is 639 g/mol. The van der Waals surface area contributed by atoms with Gasteiger partial charge in [-0.1, -0.05) is 23.2 Å². The fourth-order valence-corrected chi connectivity index (χ4v) is 6.35. The van der Waals surface area contributed by atoms with Crippen molar-refractivity contribution in [1.29, 1.82) is 0 Å². The minimum Gasteiger partial charge on any atom is -0.481 e. The number of halogens is 2. The number of amides is 1. The van der Waals surface area contributed by atoms with Crippen LogP contribution in [0.3, 0.4) is 0 Å². The zero-order chi connectivity index (χ0) is 30.8. The Kier molecular flexibility index (Phi) is 8.91. The molecule has 3 fully saturated rings. The van der Waals surface area contributed by atoms with Crippen molar-refractivity contribution in [2.75, 3.05) is 44.2 Å². The Hall–Kier alpha value is -3.51. The Bertz CT molecular complexity index is 1500. The largest absolute Gasteiger partial charge is 0.481 e. The maximum Gasteiger partial charge on any atom is 0.303 e. The third-order valence-electron chi connectivity index (χ3n) is 8.50. The number of piperidine rings is 1. The van der Waals surface area contributed by atoms with Crippen LogP contribution in [0.2, 0.25) is 10.0 Å². The van der Waals surface area contributed by atoms with Crippen LogP contribution in [0.15, 0.2) is 42.7 Å². The lowest BCUT2D eigenvalue weighted by Crippen LogP contribution is -2.54. The summed E-state index contributed by atoms with van der Waals surface area (Å²) in [6, 6.07) is 9.19. The molecule has 11 nitrogen and oxygen atoms in total. The number of piperazine rings is 1. The number of benzene rings is 1. The topological polar surface area (TPSA) is 138 Å². The smallest absolute Gasteiger partial charge is 0.303 e. The van der Waals surface area contributed by atoms with Gasteiger partial charge in [0.15, 0.2) is 5.75 Å². The number of hydrogen-bond acceptors (Lipinski definition) is 9. The molecule has 0 radical (unpaired) electrons. The molecule has 2 aromatic heterocycles. The normalized spacial score (nSPS) is 18.7. The molecule has 13 heteroatoms. The van der Waals surface area contributed by atoms with Gasteiger partial charge in [-0.3, -0.25) is 14.5 Å². The minimum atomic E-state index is -0.742. The Labute approximate surface area is 265 Å². The molecule has 1 saturated carbocycles. The number of aromatic nitrogens is 3. The molecule has 6 rings (SSSR count). The van der Waals surface area contributed by atoms with E-state index in [0.29, 0.717) is 66.0 Å². The number of carboxylic acid groups (broad SMARTS) is 1. The summed E-state index contributed by atoms with van der Waals surface area (Å²) in [5.74, 6) is 0.900. The first-order valence-electron chi connectivity index (χ1n) is 14.9. The number of rotatable bonds is 9. The first-order valence-corrected chi connectivity index (χ1v) is 15.6. The van der Waals surface area contributed by atoms with Crippen LogP contribution in [0.5, 0.6) is 11.6 Å². The Morgan fingerprint density at radius 2 is 1.61 bits per heavy atom. The van der Waals surface area contributed by atoms with E-state index in [-0.39, 0.29) is 18.2 Å². The van der Waals surface area contributed by atoms with E-state index in [9.17, 15) is 9.59 Å². The number of carboxylic acids is 1. The van der Waals surface area contributed by atoms with E-state index >= 15 is 0 Å². The van der Waals surface area contributed by atoms with Gasteiger partial charge in [0, 0.05) is 60.8 Å². The summed E-state index contributed by atoms with van der Waals surface area (Å²) in [5.41, 5.74) is 7.87. The van der Waals surface area contributed by atoms with Gasteiger partial charge in [0.2, 0.25) is 17.7 Å². The number of carbonyl (C=O) groups excluding carboxylic acids is 1. The van der Waals surface area contributed by atoms with Gasteiger partial charge in [-0.05, 0) is 74.5 Å². The van der Waals surface area contributed by atoms with Crippen molar-refractivity contribution in [3.63, 3.8) is 0 Å². The highest BCUT2D eigenvalue weighted by atomic mass is 35.5. The predicted octanol–water partition coefficient (Wildman–Crippen LogP) is 4.46. The van der Waals surface area contributed by atoms with Crippen molar-refractivity contribution in [3.8, 4) is 22.9 Å². The molecule has 1 aromatic carbocycles. The lowest BCUT2D eigenvalue weighted by molar-refractivity contribution is -0.138. The van der Waals surface area contributed by atoms with Gasteiger partial charge in [0.1, 0.15) is 0 Å². The third-order valence-corrected chi connectivity index (χ3v) is 8.93. The second-order valence-corrected chi connectivity index (χ2v) is 12.8. The van der Waals surface area contributed by atoms with Crippen LogP contribution < -0.4 is 15.4 Å². The molecule has 0 atom stereocenters. The van der Waals surface area contributed by atoms with E-state index in [1.807, 2.05) is 34.1 Å². The van der Waals surface area contributed by atoms with Crippen molar-refractivity contribution in [1.82, 2.24) is 24.8 Å². The number of aliphatic carboxylic acids is 1. The number of nitrogens with two attached hydrogens (primary N) is 1. The average Bonchev–Trinajstić information content (AvgIpc) is 3.76. The Balaban J connectivity index is 1.15. The molecular weight excluding hydrogens is 605 g/mol. The van der Waals surface area contributed by atoms with Crippen molar-refractivity contribution in [2.45, 2.75) is 44.2 Å². The first-order chi connectivity index (χ1) is 21.1. The van der Waals surface area contributed by atoms with Crippen LogP contribution in [0.4, 0.5) is 5.95 Å². The second kappa shape index (κ2) is 12.8. The molecule has 3 aliphatic rings. The molecular formula is C31H35Cl2N7O4. The number of hydrogen-bond donors (Lipinski definition) is 2. The molecule has 0 spiro atoms. The summed E-state index contributed by atoms with van der Waals surface area (Å²) in [6.07, 6.45) is 6.67. The molecule has 0 bridgehead atoms. The average molecular weight is 641 g/mol. The minimum absolute atomic E-state index is 0.0404. The van der Waals surface area contributed by atoms with Crippen molar-refractivity contribution >= 4 is 41.0 Å². The summed E-state index contributed by atoms with van der Waals surface area (Å²) in [6.45, 7) is 4.73. The Morgan fingerprint density at radius 1 is 0.955 bits per heavy atom. The fourth-order valence-electron chi connectivity index (χ4n) is 5.83. The number of pyridine rings is 1. The highest BCUT2D eigenvalue weighted by Gasteiger charge is 2.48. The van der Waals surface area contributed by atoms with Crippen molar-refractivity contribution in [3.05, 3.63) is 58.3 Å². The summed E-state index contributed by atoms with van der Waals surface area (Å²) in [5, 5.41) is 10.2. The molecule has 0 unspecified atom stereocenters. The molecule has 3 N–H and O–H groups in total. The van der Waals surface area contributed by atoms with Gasteiger partial charge in [-0.2, -0.15) is 0 Å². The summed E-state index contributed by atoms with van der Waals surface area (Å²) in [7, 11) is 0. The first kappa shape index (κ1) is 30.5. The Morgan fingerprint density at radius 3 is 2.23 bits per heavy atom. The van der Waals surface area contributed by atoms with Gasteiger partial charge in [-0.15, -0.1) is 0 Å². The summed E-state index contributed by atoms with van der Waals surface area (Å²) in [4.78, 5) is 43.7. The quantitative estimate of drug-likeness (QED) is 0.345. The molecule has 4 heterocycles. The van der Waals surface area contributed by atoms with Gasteiger partial charge in [-0.25, -0.2) is 15.0 Å². The number of anilines is 1. The highest BCUT2D eigenvalue weighted by molar-refractivity contribution is 6.35. The van der Waals surface area contributed by atoms with E-state index in [1.165, 1.54) is 0 Å². The third kappa shape index (κ3) is 7.40. The van der Waals surface area contributed by atoms with E-state index in [0.717, 1.165) is 49.9 Å². The van der Waals surface area contributed by atoms with Gasteiger partial charge in [0.05, 0.1) is 23.6 Å². The lowest BCUT2D eigenvalue weighted by Gasteiger charge is -2.35. The highest BCUT2D eigenvalue weighted by Crippen LogP contribution is 2.35. The molecule has 3 aromatic rings. The number of likely N-dealkylation sites (tertiary alicyclic amines) is 1. The van der Waals surface area contributed by atoms with E-state index in [1.54, 1.807) is 18.5 Å². The molecule has 1 aliphatic carbocycles. The standard InChI is InChI=1S/C31H35Cl2N7O4/c32-23-14-22(15-24(33)16-23)26-11-21(19-38-5-1-20(2-6-38)13-28(41)42)12-27(37-26)44-25-17-35-30(36-18-25)40-9-7-39(8-10-40)29(43)31(34)3-4-31/h11-12,14-18,20H,1-10,13,19,34H2,(H,41,42). The van der Waals surface area contributed by atoms with Crippen molar-refractivity contribution < 1.29 is 19.4 Å². The van der Waals surface area contributed by atoms with Crippen molar-refractivity contribution in [2.24, 2.45) is 11.7 Å².